The average molecular weight is 190 g/mol. The topological polar surface area (TPSA) is 29.1 Å². The van der Waals surface area contributed by atoms with E-state index in [0.717, 1.165) is 6.42 Å². The van der Waals surface area contributed by atoms with Crippen molar-refractivity contribution >= 4 is 17.5 Å². The summed E-state index contributed by atoms with van der Waals surface area (Å²) in [6, 6.07) is 0.371. The van der Waals surface area contributed by atoms with Crippen LogP contribution >= 0.6 is 11.6 Å². The molecular formula is C9H16ClNO. The minimum Gasteiger partial charge on any atom is -0.353 e. The van der Waals surface area contributed by atoms with Gasteiger partial charge in [-0.05, 0) is 11.8 Å². The minimum absolute atomic E-state index is 0.0666. The zero-order valence-corrected chi connectivity index (χ0v) is 8.61. The standard InChI is InChI=1S/C9H16ClNO/c1-6(5-10)8(12)11-7-4-9(7,2)3/h6-7H,4-5H2,1-3H3,(H,11,12). The highest BCUT2D eigenvalue weighted by molar-refractivity contribution is 6.19. The second kappa shape index (κ2) is 3.25. The Hall–Kier alpha value is -0.240. The molecule has 0 radical (unpaired) electrons. The minimum atomic E-state index is -0.0666. The molecule has 2 atom stereocenters. The molecule has 1 amide bonds. The van der Waals surface area contributed by atoms with Crippen LogP contribution in [-0.2, 0) is 4.79 Å². The molecule has 1 N–H and O–H groups in total. The molecule has 70 valence electrons. The van der Waals surface area contributed by atoms with Crippen LogP contribution in [0.3, 0.4) is 0 Å². The van der Waals surface area contributed by atoms with E-state index in [4.69, 9.17) is 11.6 Å². The number of amides is 1. The normalized spacial score (nSPS) is 27.8. The zero-order chi connectivity index (χ0) is 9.35. The first-order valence-corrected chi connectivity index (χ1v) is 4.87. The molecule has 0 heterocycles. The molecule has 0 aromatic rings. The van der Waals surface area contributed by atoms with E-state index in [1.54, 1.807) is 0 Å². The van der Waals surface area contributed by atoms with Crippen molar-refractivity contribution in [3.63, 3.8) is 0 Å². The first-order chi connectivity index (χ1) is 5.47. The van der Waals surface area contributed by atoms with Crippen molar-refractivity contribution in [1.82, 2.24) is 5.32 Å². The van der Waals surface area contributed by atoms with Crippen LogP contribution < -0.4 is 5.32 Å². The van der Waals surface area contributed by atoms with Crippen LogP contribution in [0.2, 0.25) is 0 Å². The number of carbonyl (C=O) groups is 1. The van der Waals surface area contributed by atoms with Gasteiger partial charge in [-0.15, -0.1) is 11.6 Å². The number of hydrogen-bond donors (Lipinski definition) is 1. The van der Waals surface area contributed by atoms with E-state index in [1.165, 1.54) is 0 Å². The molecule has 1 aliphatic rings. The number of rotatable bonds is 3. The fraction of sp³-hybridized carbons (Fsp3) is 0.889. The first kappa shape index (κ1) is 9.85. The second-order valence-corrected chi connectivity index (χ2v) is 4.62. The van der Waals surface area contributed by atoms with Gasteiger partial charge in [0, 0.05) is 17.8 Å². The van der Waals surface area contributed by atoms with Gasteiger partial charge in [-0.2, -0.15) is 0 Å². The highest BCUT2D eigenvalue weighted by Gasteiger charge is 2.46. The predicted molar refractivity (Wildman–Crippen MR) is 50.2 cm³/mol. The third-order valence-corrected chi connectivity index (χ3v) is 2.97. The number of halogens is 1. The molecule has 0 aliphatic heterocycles. The first-order valence-electron chi connectivity index (χ1n) is 4.33. The Morgan fingerprint density at radius 2 is 2.25 bits per heavy atom. The number of carbonyl (C=O) groups excluding carboxylic acids is 1. The van der Waals surface area contributed by atoms with Gasteiger partial charge in [0.25, 0.3) is 0 Å². The maximum absolute atomic E-state index is 11.3. The fourth-order valence-corrected chi connectivity index (χ4v) is 1.24. The summed E-state index contributed by atoms with van der Waals surface area (Å²) >= 11 is 5.56. The van der Waals surface area contributed by atoms with Crippen LogP contribution in [0.4, 0.5) is 0 Å². The second-order valence-electron chi connectivity index (χ2n) is 4.31. The predicted octanol–water partition coefficient (Wildman–Crippen LogP) is 1.78. The van der Waals surface area contributed by atoms with Gasteiger partial charge in [0.15, 0.2) is 0 Å². The van der Waals surface area contributed by atoms with Gasteiger partial charge < -0.3 is 5.32 Å². The molecule has 1 rings (SSSR count). The quantitative estimate of drug-likeness (QED) is 0.674. The van der Waals surface area contributed by atoms with Crippen LogP contribution in [-0.4, -0.2) is 17.8 Å². The Bertz CT molecular complexity index is 191. The maximum Gasteiger partial charge on any atom is 0.224 e. The van der Waals surface area contributed by atoms with Crippen molar-refractivity contribution in [3.8, 4) is 0 Å². The molecule has 0 bridgehead atoms. The molecule has 3 heteroatoms. The molecule has 2 nitrogen and oxygen atoms in total. The summed E-state index contributed by atoms with van der Waals surface area (Å²) in [6.45, 7) is 6.16. The summed E-state index contributed by atoms with van der Waals surface area (Å²) < 4.78 is 0. The van der Waals surface area contributed by atoms with Crippen molar-refractivity contribution < 1.29 is 4.79 Å². The van der Waals surface area contributed by atoms with E-state index in [2.05, 4.69) is 19.2 Å². The lowest BCUT2D eigenvalue weighted by molar-refractivity contribution is -0.124. The van der Waals surface area contributed by atoms with E-state index in [9.17, 15) is 4.79 Å². The van der Waals surface area contributed by atoms with Crippen molar-refractivity contribution in [2.24, 2.45) is 11.3 Å². The lowest BCUT2D eigenvalue weighted by atomic mass is 10.1. The maximum atomic E-state index is 11.3. The zero-order valence-electron chi connectivity index (χ0n) is 7.86. The highest BCUT2D eigenvalue weighted by atomic mass is 35.5. The van der Waals surface area contributed by atoms with Gasteiger partial charge in [0.2, 0.25) is 5.91 Å². The molecule has 0 spiro atoms. The summed E-state index contributed by atoms with van der Waals surface area (Å²) in [7, 11) is 0. The summed E-state index contributed by atoms with van der Waals surface area (Å²) in [5.74, 6) is 0.419. The third kappa shape index (κ3) is 2.13. The Balaban J connectivity index is 2.29. The molecule has 0 aromatic carbocycles. The molecule has 2 unspecified atom stereocenters. The van der Waals surface area contributed by atoms with Crippen molar-refractivity contribution in [2.75, 3.05) is 5.88 Å². The van der Waals surface area contributed by atoms with Crippen LogP contribution in [0.5, 0.6) is 0 Å². The van der Waals surface area contributed by atoms with E-state index < -0.39 is 0 Å². The SMILES string of the molecule is CC(CCl)C(=O)NC1CC1(C)C. The van der Waals surface area contributed by atoms with Crippen LogP contribution in [0.1, 0.15) is 27.2 Å². The molecule has 0 aromatic heterocycles. The van der Waals surface area contributed by atoms with Crippen LogP contribution in [0, 0.1) is 11.3 Å². The fourth-order valence-electron chi connectivity index (χ4n) is 1.10. The molecular weight excluding hydrogens is 174 g/mol. The van der Waals surface area contributed by atoms with E-state index in [0.29, 0.717) is 17.3 Å². The summed E-state index contributed by atoms with van der Waals surface area (Å²) in [5.41, 5.74) is 0.307. The monoisotopic (exact) mass is 189 g/mol. The third-order valence-electron chi connectivity index (χ3n) is 2.51. The van der Waals surface area contributed by atoms with Crippen LogP contribution in [0.15, 0.2) is 0 Å². The number of nitrogens with one attached hydrogen (secondary N) is 1. The average Bonchev–Trinajstić information content (AvgIpc) is 2.57. The Morgan fingerprint density at radius 1 is 1.75 bits per heavy atom. The van der Waals surface area contributed by atoms with Gasteiger partial charge in [0.05, 0.1) is 0 Å². The van der Waals surface area contributed by atoms with E-state index in [-0.39, 0.29) is 11.8 Å². The lowest BCUT2D eigenvalue weighted by Crippen LogP contribution is -2.33. The largest absolute Gasteiger partial charge is 0.353 e. The lowest BCUT2D eigenvalue weighted by Gasteiger charge is -2.10. The molecule has 12 heavy (non-hydrogen) atoms. The Morgan fingerprint density at radius 3 is 2.58 bits per heavy atom. The summed E-state index contributed by atoms with van der Waals surface area (Å²) in [4.78, 5) is 11.3. The summed E-state index contributed by atoms with van der Waals surface area (Å²) in [6.07, 6.45) is 1.09. The van der Waals surface area contributed by atoms with Gasteiger partial charge in [-0.25, -0.2) is 0 Å². The Labute approximate surface area is 78.7 Å². The van der Waals surface area contributed by atoms with Crippen LogP contribution in [0.25, 0.3) is 0 Å². The van der Waals surface area contributed by atoms with Crippen molar-refractivity contribution in [2.45, 2.75) is 33.2 Å². The highest BCUT2D eigenvalue weighted by Crippen LogP contribution is 2.44. The van der Waals surface area contributed by atoms with Gasteiger partial charge in [-0.3, -0.25) is 4.79 Å². The van der Waals surface area contributed by atoms with Crippen molar-refractivity contribution in [3.05, 3.63) is 0 Å². The molecule has 1 saturated carbocycles. The van der Waals surface area contributed by atoms with Gasteiger partial charge in [-0.1, -0.05) is 20.8 Å². The molecule has 1 fully saturated rings. The molecule has 1 aliphatic carbocycles. The van der Waals surface area contributed by atoms with Gasteiger partial charge in [0.1, 0.15) is 0 Å². The van der Waals surface area contributed by atoms with Crippen molar-refractivity contribution in [1.29, 1.82) is 0 Å². The number of hydrogen-bond acceptors (Lipinski definition) is 1. The molecule has 0 saturated heterocycles. The summed E-state index contributed by atoms with van der Waals surface area (Å²) in [5, 5.41) is 2.97. The van der Waals surface area contributed by atoms with E-state index in [1.807, 2.05) is 6.92 Å². The van der Waals surface area contributed by atoms with Gasteiger partial charge >= 0.3 is 0 Å². The Kier molecular flexibility index (Phi) is 2.67. The van der Waals surface area contributed by atoms with E-state index >= 15 is 0 Å². The smallest absolute Gasteiger partial charge is 0.224 e. The number of alkyl halides is 1.